The zero-order valence-electron chi connectivity index (χ0n) is 10.6. The molecule has 0 N–H and O–H groups in total. The van der Waals surface area contributed by atoms with Gasteiger partial charge in [0.1, 0.15) is 21.8 Å². The number of nitrogens with zero attached hydrogens (tertiary/aromatic N) is 3. The number of aromatic nitrogens is 3. The zero-order chi connectivity index (χ0) is 14.8. The summed E-state index contributed by atoms with van der Waals surface area (Å²) in [5.41, 5.74) is 1.08. The van der Waals surface area contributed by atoms with Gasteiger partial charge in [0.25, 0.3) is 0 Å². The number of hydrogen-bond donors (Lipinski definition) is 0. The maximum atomic E-state index is 13.9. The molecule has 0 aliphatic heterocycles. The Morgan fingerprint density at radius 1 is 0.857 bits per heavy atom. The average Bonchev–Trinajstić information content (AvgIpc) is 2.49. The molecule has 0 amide bonds. The van der Waals surface area contributed by atoms with Crippen molar-refractivity contribution in [1.29, 1.82) is 0 Å². The van der Waals surface area contributed by atoms with Gasteiger partial charge in [0.2, 0.25) is 0 Å². The summed E-state index contributed by atoms with van der Waals surface area (Å²) in [6.45, 7) is 0. The zero-order valence-corrected chi connectivity index (χ0v) is 12.1. The van der Waals surface area contributed by atoms with Gasteiger partial charge in [-0.1, -0.05) is 47.5 Å². The predicted octanol–water partition coefficient (Wildman–Crippen LogP) is 4.65. The van der Waals surface area contributed by atoms with E-state index in [1.54, 1.807) is 42.6 Å². The molecule has 1 aromatic carbocycles. The fourth-order valence-electron chi connectivity index (χ4n) is 1.90. The van der Waals surface area contributed by atoms with E-state index >= 15 is 0 Å². The van der Waals surface area contributed by atoms with Gasteiger partial charge in [-0.2, -0.15) is 0 Å². The number of pyridine rings is 1. The molecule has 0 bridgehead atoms. The van der Waals surface area contributed by atoms with E-state index in [0.29, 0.717) is 11.5 Å². The molecule has 2 aromatic heterocycles. The lowest BCUT2D eigenvalue weighted by atomic mass is 10.1. The van der Waals surface area contributed by atoms with Crippen molar-refractivity contribution in [2.45, 2.75) is 0 Å². The molecule has 0 atom stereocenters. The molecule has 0 saturated carbocycles. The Morgan fingerprint density at radius 3 is 2.14 bits per heavy atom. The molecule has 0 unspecified atom stereocenters. The van der Waals surface area contributed by atoms with E-state index in [4.69, 9.17) is 23.2 Å². The third-order valence-electron chi connectivity index (χ3n) is 2.86. The fourth-order valence-corrected chi connectivity index (χ4v) is 2.49. The molecule has 0 aliphatic carbocycles. The molecule has 0 radical (unpaired) electrons. The van der Waals surface area contributed by atoms with Gasteiger partial charge in [-0.25, -0.2) is 14.4 Å². The van der Waals surface area contributed by atoms with Gasteiger partial charge in [-0.15, -0.1) is 0 Å². The van der Waals surface area contributed by atoms with Crippen LogP contribution in [0.2, 0.25) is 10.3 Å². The second-order valence-corrected chi connectivity index (χ2v) is 4.91. The van der Waals surface area contributed by atoms with Gasteiger partial charge in [0.05, 0.1) is 5.56 Å². The fraction of sp³-hybridized carbons (Fsp3) is 0. The smallest absolute Gasteiger partial charge is 0.181 e. The van der Waals surface area contributed by atoms with Gasteiger partial charge in [0, 0.05) is 11.8 Å². The molecular formula is C15H8Cl2FN3. The predicted molar refractivity (Wildman–Crippen MR) is 80.7 cm³/mol. The molecule has 2 heterocycles. The first-order valence-electron chi connectivity index (χ1n) is 6.06. The van der Waals surface area contributed by atoms with Gasteiger partial charge >= 0.3 is 0 Å². The van der Waals surface area contributed by atoms with Crippen molar-refractivity contribution in [2.75, 3.05) is 0 Å². The minimum atomic E-state index is -0.435. The molecule has 21 heavy (non-hydrogen) atoms. The molecular weight excluding hydrogens is 312 g/mol. The highest BCUT2D eigenvalue weighted by atomic mass is 35.5. The topological polar surface area (TPSA) is 38.7 Å². The number of halogens is 3. The monoisotopic (exact) mass is 319 g/mol. The van der Waals surface area contributed by atoms with Crippen molar-refractivity contribution < 1.29 is 4.39 Å². The van der Waals surface area contributed by atoms with Crippen LogP contribution in [0.4, 0.5) is 4.39 Å². The first kappa shape index (κ1) is 13.9. The summed E-state index contributed by atoms with van der Waals surface area (Å²) >= 11 is 12.3. The number of hydrogen-bond acceptors (Lipinski definition) is 3. The van der Waals surface area contributed by atoms with Crippen molar-refractivity contribution in [1.82, 2.24) is 15.0 Å². The summed E-state index contributed by atoms with van der Waals surface area (Å²) in [5.74, 6) is -0.138. The van der Waals surface area contributed by atoms with Gasteiger partial charge < -0.3 is 0 Å². The second-order valence-electron chi connectivity index (χ2n) is 4.20. The molecule has 104 valence electrons. The maximum Gasteiger partial charge on any atom is 0.181 e. The second kappa shape index (κ2) is 5.76. The lowest BCUT2D eigenvalue weighted by Crippen LogP contribution is -1.97. The van der Waals surface area contributed by atoms with Crippen LogP contribution in [-0.4, -0.2) is 15.0 Å². The minimum absolute atomic E-state index is 0.0840. The van der Waals surface area contributed by atoms with Crippen molar-refractivity contribution in [3.05, 3.63) is 64.8 Å². The lowest BCUT2D eigenvalue weighted by molar-refractivity contribution is 0.631. The Balaban J connectivity index is 2.16. The van der Waals surface area contributed by atoms with Crippen molar-refractivity contribution in [3.63, 3.8) is 0 Å². The Bertz CT molecular complexity index is 771. The molecule has 0 fully saturated rings. The molecule has 3 rings (SSSR count). The van der Waals surface area contributed by atoms with Crippen LogP contribution in [0.1, 0.15) is 0 Å². The average molecular weight is 320 g/mol. The van der Waals surface area contributed by atoms with E-state index in [0.717, 1.165) is 0 Å². The summed E-state index contributed by atoms with van der Waals surface area (Å²) in [7, 11) is 0. The Hall–Kier alpha value is -2.04. The first-order valence-corrected chi connectivity index (χ1v) is 6.82. The van der Waals surface area contributed by atoms with E-state index < -0.39 is 5.82 Å². The summed E-state index contributed by atoms with van der Waals surface area (Å²) in [6, 6.07) is 11.5. The summed E-state index contributed by atoms with van der Waals surface area (Å²) in [5, 5.41) is 0.168. The molecule has 0 aliphatic rings. The van der Waals surface area contributed by atoms with Crippen LogP contribution < -0.4 is 0 Å². The Morgan fingerprint density at radius 2 is 1.52 bits per heavy atom. The van der Waals surface area contributed by atoms with Crippen LogP contribution in [-0.2, 0) is 0 Å². The highest BCUT2D eigenvalue weighted by Gasteiger charge is 2.17. The van der Waals surface area contributed by atoms with Crippen LogP contribution in [0.3, 0.4) is 0 Å². The van der Waals surface area contributed by atoms with E-state index in [1.165, 1.54) is 6.07 Å². The lowest BCUT2D eigenvalue weighted by Gasteiger charge is -2.09. The highest BCUT2D eigenvalue weighted by Crippen LogP contribution is 2.35. The molecule has 0 spiro atoms. The SMILES string of the molecule is Fc1ccccc1-c1c(Cl)nc(-c2ccccn2)nc1Cl. The number of benzene rings is 1. The molecule has 0 saturated heterocycles. The van der Waals surface area contributed by atoms with Crippen molar-refractivity contribution in [3.8, 4) is 22.6 Å². The van der Waals surface area contributed by atoms with Crippen LogP contribution in [0, 0.1) is 5.82 Å². The normalized spacial score (nSPS) is 10.6. The Labute approximate surface area is 130 Å². The minimum Gasteiger partial charge on any atom is -0.253 e. The van der Waals surface area contributed by atoms with Gasteiger partial charge in [0.15, 0.2) is 5.82 Å². The van der Waals surface area contributed by atoms with E-state index in [-0.39, 0.29) is 21.4 Å². The van der Waals surface area contributed by atoms with E-state index in [9.17, 15) is 4.39 Å². The van der Waals surface area contributed by atoms with Crippen molar-refractivity contribution >= 4 is 23.2 Å². The van der Waals surface area contributed by atoms with Crippen LogP contribution in [0.25, 0.3) is 22.6 Å². The molecule has 6 heteroatoms. The van der Waals surface area contributed by atoms with Gasteiger partial charge in [-0.05, 0) is 18.2 Å². The quantitative estimate of drug-likeness (QED) is 0.645. The standard InChI is InChI=1S/C15H8Cl2FN3/c16-13-12(9-5-1-2-6-10(9)18)14(17)21-15(20-13)11-7-3-4-8-19-11/h1-8H. The third kappa shape index (κ3) is 2.73. The Kier molecular flexibility index (Phi) is 3.82. The highest BCUT2D eigenvalue weighted by molar-refractivity contribution is 6.37. The third-order valence-corrected chi connectivity index (χ3v) is 3.40. The molecule has 3 aromatic rings. The van der Waals surface area contributed by atoms with Crippen LogP contribution in [0.15, 0.2) is 48.7 Å². The summed E-state index contributed by atoms with van der Waals surface area (Å²) in [6.07, 6.45) is 1.62. The first-order chi connectivity index (χ1) is 10.2. The number of rotatable bonds is 2. The molecule has 3 nitrogen and oxygen atoms in total. The van der Waals surface area contributed by atoms with Crippen molar-refractivity contribution in [2.24, 2.45) is 0 Å². The summed E-state index contributed by atoms with van der Waals surface area (Å²) < 4.78 is 13.9. The largest absolute Gasteiger partial charge is 0.253 e. The summed E-state index contributed by atoms with van der Waals surface area (Å²) in [4.78, 5) is 12.5. The van der Waals surface area contributed by atoms with Gasteiger partial charge in [-0.3, -0.25) is 4.98 Å². The van der Waals surface area contributed by atoms with Crippen LogP contribution >= 0.6 is 23.2 Å². The van der Waals surface area contributed by atoms with Crippen LogP contribution in [0.5, 0.6) is 0 Å². The van der Waals surface area contributed by atoms with E-state index in [1.807, 2.05) is 0 Å². The van der Waals surface area contributed by atoms with E-state index in [2.05, 4.69) is 15.0 Å². The maximum absolute atomic E-state index is 13.9.